The molecule has 0 saturated heterocycles. The molecular weight excluding hydrogens is 186 g/mol. The summed E-state index contributed by atoms with van der Waals surface area (Å²) in [6.45, 7) is 0.948. The Morgan fingerprint density at radius 3 is 3.15 bits per heavy atom. The number of carbonyl (C=O) groups is 1. The van der Waals surface area contributed by atoms with Crippen molar-refractivity contribution in [3.63, 3.8) is 0 Å². The van der Waals surface area contributed by atoms with Gasteiger partial charge in [-0.1, -0.05) is 6.07 Å². The molecule has 3 nitrogen and oxygen atoms in total. The van der Waals surface area contributed by atoms with Crippen LogP contribution in [-0.2, 0) is 6.42 Å². The molecule has 2 rings (SSSR count). The second kappa shape index (κ2) is 3.40. The Labute approximate surface area is 80.3 Å². The number of carboxylic acids is 1. The molecule has 1 aliphatic heterocycles. The zero-order chi connectivity index (χ0) is 9.26. The maximum Gasteiger partial charge on any atom is 0.335 e. The molecular formula is C9H9NO2S. The van der Waals surface area contributed by atoms with E-state index in [-0.39, 0.29) is 0 Å². The smallest absolute Gasteiger partial charge is 0.335 e. The fourth-order valence-electron chi connectivity index (χ4n) is 1.30. The van der Waals surface area contributed by atoms with Gasteiger partial charge in [-0.05, 0) is 36.1 Å². The first-order valence-corrected chi connectivity index (χ1v) is 4.85. The molecule has 68 valence electrons. The van der Waals surface area contributed by atoms with Crippen LogP contribution >= 0.6 is 11.9 Å². The van der Waals surface area contributed by atoms with Gasteiger partial charge in [-0.3, -0.25) is 4.72 Å². The minimum absolute atomic E-state index is 0.356. The normalized spacial score (nSPS) is 15.1. The Balaban J connectivity index is 2.40. The maximum absolute atomic E-state index is 10.7. The van der Waals surface area contributed by atoms with Gasteiger partial charge in [0, 0.05) is 11.4 Å². The predicted molar refractivity (Wildman–Crippen MR) is 51.0 cm³/mol. The van der Waals surface area contributed by atoms with Crippen LogP contribution in [0.25, 0.3) is 0 Å². The SMILES string of the molecule is O=C(O)c1ccc2c(c1)SNCC2. The summed E-state index contributed by atoms with van der Waals surface area (Å²) in [5.74, 6) is -0.867. The minimum Gasteiger partial charge on any atom is -0.478 e. The number of hydrogen-bond acceptors (Lipinski definition) is 3. The van der Waals surface area contributed by atoms with Crippen LogP contribution in [0.5, 0.6) is 0 Å². The molecule has 2 N–H and O–H groups in total. The molecule has 0 radical (unpaired) electrons. The van der Waals surface area contributed by atoms with Gasteiger partial charge in [0.25, 0.3) is 0 Å². The number of aromatic carboxylic acids is 1. The van der Waals surface area contributed by atoms with E-state index in [0.29, 0.717) is 5.56 Å². The third-order valence-corrected chi connectivity index (χ3v) is 2.94. The molecule has 0 aliphatic carbocycles. The third-order valence-electron chi connectivity index (χ3n) is 1.99. The Kier molecular flexibility index (Phi) is 2.24. The largest absolute Gasteiger partial charge is 0.478 e. The lowest BCUT2D eigenvalue weighted by atomic mass is 10.1. The number of benzene rings is 1. The Hall–Kier alpha value is -1.00. The highest BCUT2D eigenvalue weighted by atomic mass is 32.2. The van der Waals surface area contributed by atoms with E-state index in [1.807, 2.05) is 6.07 Å². The molecule has 1 aromatic rings. The molecule has 1 heterocycles. The molecule has 0 saturated carbocycles. The molecule has 1 aromatic carbocycles. The minimum atomic E-state index is -0.867. The lowest BCUT2D eigenvalue weighted by Gasteiger charge is -2.15. The highest BCUT2D eigenvalue weighted by molar-refractivity contribution is 7.97. The van der Waals surface area contributed by atoms with E-state index in [1.54, 1.807) is 12.1 Å². The van der Waals surface area contributed by atoms with Gasteiger partial charge in [-0.25, -0.2) is 4.79 Å². The molecule has 4 heteroatoms. The average Bonchev–Trinajstić information content (AvgIpc) is 2.17. The van der Waals surface area contributed by atoms with Gasteiger partial charge in [0.2, 0.25) is 0 Å². The maximum atomic E-state index is 10.7. The summed E-state index contributed by atoms with van der Waals surface area (Å²) >= 11 is 1.51. The van der Waals surface area contributed by atoms with Crippen molar-refractivity contribution in [2.45, 2.75) is 11.3 Å². The van der Waals surface area contributed by atoms with Gasteiger partial charge in [0.05, 0.1) is 5.56 Å². The topological polar surface area (TPSA) is 49.3 Å². The number of hydrogen-bond donors (Lipinski definition) is 2. The van der Waals surface area contributed by atoms with Crippen LogP contribution in [0.2, 0.25) is 0 Å². The second-order valence-electron chi connectivity index (χ2n) is 2.87. The summed E-state index contributed by atoms with van der Waals surface area (Å²) in [6.07, 6.45) is 0.974. The molecule has 0 unspecified atom stereocenters. The second-order valence-corrected chi connectivity index (χ2v) is 3.81. The first-order chi connectivity index (χ1) is 6.27. The molecule has 1 aliphatic rings. The van der Waals surface area contributed by atoms with Gasteiger partial charge in [-0.2, -0.15) is 0 Å². The van der Waals surface area contributed by atoms with Crippen LogP contribution < -0.4 is 4.72 Å². The van der Waals surface area contributed by atoms with Crippen LogP contribution in [0.15, 0.2) is 23.1 Å². The van der Waals surface area contributed by atoms with E-state index in [2.05, 4.69) is 4.72 Å². The standard InChI is InChI=1S/C9H9NO2S/c11-9(12)7-2-1-6-3-4-10-13-8(6)5-7/h1-2,5,10H,3-4H2,(H,11,12). The van der Waals surface area contributed by atoms with Crippen molar-refractivity contribution < 1.29 is 9.90 Å². The van der Waals surface area contributed by atoms with E-state index in [9.17, 15) is 4.79 Å². The quantitative estimate of drug-likeness (QED) is 0.667. The third kappa shape index (κ3) is 1.68. The first-order valence-electron chi connectivity index (χ1n) is 4.03. The molecule has 0 amide bonds. The predicted octanol–water partition coefficient (Wildman–Crippen LogP) is 1.54. The lowest BCUT2D eigenvalue weighted by molar-refractivity contribution is 0.0696. The van der Waals surface area contributed by atoms with Gasteiger partial charge in [-0.15, -0.1) is 0 Å². The van der Waals surface area contributed by atoms with E-state index in [0.717, 1.165) is 17.9 Å². The van der Waals surface area contributed by atoms with E-state index < -0.39 is 5.97 Å². The van der Waals surface area contributed by atoms with Gasteiger partial charge < -0.3 is 5.11 Å². The number of fused-ring (bicyclic) bond motifs is 1. The van der Waals surface area contributed by atoms with Crippen molar-refractivity contribution in [3.8, 4) is 0 Å². The number of rotatable bonds is 1. The summed E-state index contributed by atoms with van der Waals surface area (Å²) in [5, 5.41) is 8.76. The summed E-state index contributed by atoms with van der Waals surface area (Å²) < 4.78 is 3.13. The Morgan fingerprint density at radius 1 is 1.54 bits per heavy atom. The summed E-state index contributed by atoms with van der Waals surface area (Å²) in [7, 11) is 0. The molecule has 0 spiro atoms. The van der Waals surface area contributed by atoms with Gasteiger partial charge >= 0.3 is 5.97 Å². The van der Waals surface area contributed by atoms with Crippen molar-refractivity contribution in [2.24, 2.45) is 0 Å². The summed E-state index contributed by atoms with van der Waals surface area (Å²) in [4.78, 5) is 11.7. The van der Waals surface area contributed by atoms with Crippen molar-refractivity contribution in [1.29, 1.82) is 0 Å². The number of carboxylic acid groups (broad SMARTS) is 1. The Bertz CT molecular complexity index is 351. The van der Waals surface area contributed by atoms with Gasteiger partial charge in [0.15, 0.2) is 0 Å². The van der Waals surface area contributed by atoms with E-state index >= 15 is 0 Å². The fraction of sp³-hybridized carbons (Fsp3) is 0.222. The zero-order valence-electron chi connectivity index (χ0n) is 6.91. The van der Waals surface area contributed by atoms with Gasteiger partial charge in [0.1, 0.15) is 0 Å². The van der Waals surface area contributed by atoms with Crippen molar-refractivity contribution >= 4 is 17.9 Å². The van der Waals surface area contributed by atoms with Crippen LogP contribution in [0.4, 0.5) is 0 Å². The van der Waals surface area contributed by atoms with Crippen molar-refractivity contribution in [2.75, 3.05) is 6.54 Å². The van der Waals surface area contributed by atoms with Crippen LogP contribution in [0, 0.1) is 0 Å². The molecule has 0 atom stereocenters. The molecule has 0 aromatic heterocycles. The van der Waals surface area contributed by atoms with E-state index in [1.165, 1.54) is 17.5 Å². The van der Waals surface area contributed by atoms with Crippen LogP contribution in [-0.4, -0.2) is 17.6 Å². The zero-order valence-corrected chi connectivity index (χ0v) is 7.73. The average molecular weight is 195 g/mol. The summed E-state index contributed by atoms with van der Waals surface area (Å²) in [5.41, 5.74) is 1.59. The van der Waals surface area contributed by atoms with Crippen molar-refractivity contribution in [1.82, 2.24) is 4.72 Å². The molecule has 13 heavy (non-hydrogen) atoms. The molecule has 0 fully saturated rings. The van der Waals surface area contributed by atoms with Crippen LogP contribution in [0.1, 0.15) is 15.9 Å². The van der Waals surface area contributed by atoms with Crippen molar-refractivity contribution in [3.05, 3.63) is 29.3 Å². The first kappa shape index (κ1) is 8.59. The number of nitrogens with one attached hydrogen (secondary N) is 1. The highest BCUT2D eigenvalue weighted by Gasteiger charge is 2.11. The Morgan fingerprint density at radius 2 is 2.38 bits per heavy atom. The lowest BCUT2D eigenvalue weighted by Crippen LogP contribution is -2.15. The highest BCUT2D eigenvalue weighted by Crippen LogP contribution is 2.25. The molecule has 0 bridgehead atoms. The fourth-order valence-corrected chi connectivity index (χ4v) is 2.15. The van der Waals surface area contributed by atoms with E-state index in [4.69, 9.17) is 5.11 Å². The van der Waals surface area contributed by atoms with Crippen LogP contribution in [0.3, 0.4) is 0 Å². The summed E-state index contributed by atoms with van der Waals surface area (Å²) in [6, 6.07) is 5.27. The monoisotopic (exact) mass is 195 g/mol.